The summed E-state index contributed by atoms with van der Waals surface area (Å²) in [7, 11) is 0. The average Bonchev–Trinajstić information content (AvgIpc) is 2.19. The summed E-state index contributed by atoms with van der Waals surface area (Å²) in [6, 6.07) is 9.37. The van der Waals surface area contributed by atoms with Gasteiger partial charge in [0.15, 0.2) is 0 Å². The van der Waals surface area contributed by atoms with Crippen molar-refractivity contribution in [3.8, 4) is 12.3 Å². The normalized spacial score (nSPS) is 11.4. The maximum atomic E-state index is 11.4. The quantitative estimate of drug-likeness (QED) is 0.711. The molecule has 0 aliphatic rings. The van der Waals surface area contributed by atoms with Gasteiger partial charge in [0.05, 0.1) is 12.5 Å². The zero-order valence-electron chi connectivity index (χ0n) is 8.16. The fourth-order valence-corrected chi connectivity index (χ4v) is 1.12. The Labute approximate surface area is 84.3 Å². The number of amides is 1. The predicted molar refractivity (Wildman–Crippen MR) is 56.6 cm³/mol. The first-order chi connectivity index (χ1) is 6.72. The number of hydrogen-bond donors (Lipinski definition) is 1. The maximum absolute atomic E-state index is 11.4. The van der Waals surface area contributed by atoms with Crippen molar-refractivity contribution >= 4 is 5.91 Å². The van der Waals surface area contributed by atoms with Gasteiger partial charge in [-0.15, -0.1) is 6.42 Å². The van der Waals surface area contributed by atoms with E-state index in [1.165, 1.54) is 0 Å². The molecular formula is C12H13NO. The van der Waals surface area contributed by atoms with Crippen LogP contribution in [0.5, 0.6) is 0 Å². The van der Waals surface area contributed by atoms with Crippen LogP contribution in [0, 0.1) is 12.3 Å². The summed E-state index contributed by atoms with van der Waals surface area (Å²) >= 11 is 0. The second kappa shape index (κ2) is 5.08. The topological polar surface area (TPSA) is 29.1 Å². The van der Waals surface area contributed by atoms with Crippen LogP contribution in [0.2, 0.25) is 0 Å². The van der Waals surface area contributed by atoms with Crippen molar-refractivity contribution in [2.75, 3.05) is 0 Å². The van der Waals surface area contributed by atoms with Gasteiger partial charge in [0.1, 0.15) is 0 Å². The number of rotatable bonds is 3. The van der Waals surface area contributed by atoms with Crippen LogP contribution in [-0.2, 0) is 11.2 Å². The number of hydrogen-bond acceptors (Lipinski definition) is 1. The van der Waals surface area contributed by atoms with Crippen LogP contribution in [0.3, 0.4) is 0 Å². The number of terminal acetylenes is 1. The SMILES string of the molecule is C#CC(C)NC(=O)Cc1ccccc1. The summed E-state index contributed by atoms with van der Waals surface area (Å²) < 4.78 is 0. The summed E-state index contributed by atoms with van der Waals surface area (Å²) in [5.74, 6) is 2.41. The molecule has 72 valence electrons. The van der Waals surface area contributed by atoms with Crippen LogP contribution in [-0.4, -0.2) is 11.9 Å². The molecule has 0 aliphatic carbocycles. The molecule has 0 fully saturated rings. The lowest BCUT2D eigenvalue weighted by Gasteiger charge is -2.07. The molecule has 2 nitrogen and oxygen atoms in total. The van der Waals surface area contributed by atoms with Crippen molar-refractivity contribution < 1.29 is 4.79 Å². The summed E-state index contributed by atoms with van der Waals surface area (Å²) in [6.45, 7) is 1.78. The van der Waals surface area contributed by atoms with Gasteiger partial charge >= 0.3 is 0 Å². The second-order valence-corrected chi connectivity index (χ2v) is 3.12. The highest BCUT2D eigenvalue weighted by Gasteiger charge is 2.04. The molecule has 14 heavy (non-hydrogen) atoms. The van der Waals surface area contributed by atoms with Crippen LogP contribution in [0.1, 0.15) is 12.5 Å². The summed E-state index contributed by atoms with van der Waals surface area (Å²) in [6.07, 6.45) is 5.53. The molecule has 1 unspecified atom stereocenters. The molecule has 0 heterocycles. The van der Waals surface area contributed by atoms with E-state index in [-0.39, 0.29) is 11.9 Å². The smallest absolute Gasteiger partial charge is 0.225 e. The Hall–Kier alpha value is -1.75. The molecule has 1 N–H and O–H groups in total. The molecule has 0 spiro atoms. The van der Waals surface area contributed by atoms with Gasteiger partial charge in [0.25, 0.3) is 0 Å². The lowest BCUT2D eigenvalue weighted by Crippen LogP contribution is -2.32. The van der Waals surface area contributed by atoms with Gasteiger partial charge in [-0.2, -0.15) is 0 Å². The van der Waals surface area contributed by atoms with Gasteiger partial charge < -0.3 is 5.32 Å². The molecule has 2 heteroatoms. The Morgan fingerprint density at radius 2 is 2.14 bits per heavy atom. The van der Waals surface area contributed by atoms with Gasteiger partial charge in [-0.25, -0.2) is 0 Å². The maximum Gasteiger partial charge on any atom is 0.225 e. The number of nitrogens with one attached hydrogen (secondary N) is 1. The van der Waals surface area contributed by atoms with E-state index >= 15 is 0 Å². The van der Waals surface area contributed by atoms with Crippen molar-refractivity contribution in [1.29, 1.82) is 0 Å². The first kappa shape index (κ1) is 10.3. The van der Waals surface area contributed by atoms with Gasteiger partial charge in [-0.3, -0.25) is 4.79 Å². The summed E-state index contributed by atoms with van der Waals surface area (Å²) in [5.41, 5.74) is 0.995. The fraction of sp³-hybridized carbons (Fsp3) is 0.250. The number of benzene rings is 1. The van der Waals surface area contributed by atoms with E-state index in [9.17, 15) is 4.79 Å². The van der Waals surface area contributed by atoms with Crippen molar-refractivity contribution in [2.45, 2.75) is 19.4 Å². The predicted octanol–water partition coefficient (Wildman–Crippen LogP) is 1.37. The minimum Gasteiger partial charge on any atom is -0.342 e. The second-order valence-electron chi connectivity index (χ2n) is 3.12. The number of carbonyl (C=O) groups excluding carboxylic acids is 1. The fourth-order valence-electron chi connectivity index (χ4n) is 1.12. The molecule has 1 rings (SSSR count). The highest BCUT2D eigenvalue weighted by Crippen LogP contribution is 1.99. The van der Waals surface area contributed by atoms with Crippen molar-refractivity contribution in [2.24, 2.45) is 0 Å². The van der Waals surface area contributed by atoms with Gasteiger partial charge in [-0.1, -0.05) is 36.3 Å². The lowest BCUT2D eigenvalue weighted by atomic mass is 10.1. The Morgan fingerprint density at radius 1 is 1.50 bits per heavy atom. The standard InChI is InChI=1S/C12H13NO/c1-3-10(2)13-12(14)9-11-7-5-4-6-8-11/h1,4-8,10H,9H2,2H3,(H,13,14). The van der Waals surface area contributed by atoms with E-state index in [1.807, 2.05) is 30.3 Å². The summed E-state index contributed by atoms with van der Waals surface area (Å²) in [4.78, 5) is 11.4. The Balaban J connectivity index is 2.47. The third-order valence-corrected chi connectivity index (χ3v) is 1.83. The third-order valence-electron chi connectivity index (χ3n) is 1.83. The Kier molecular flexibility index (Phi) is 3.75. The van der Waals surface area contributed by atoms with Gasteiger partial charge in [-0.05, 0) is 12.5 Å². The van der Waals surface area contributed by atoms with E-state index in [4.69, 9.17) is 6.42 Å². The number of carbonyl (C=O) groups is 1. The molecule has 1 amide bonds. The molecule has 1 aromatic rings. The Bertz CT molecular complexity index is 337. The Morgan fingerprint density at radius 3 is 2.71 bits per heavy atom. The first-order valence-electron chi connectivity index (χ1n) is 4.52. The van der Waals surface area contributed by atoms with Gasteiger partial charge in [0, 0.05) is 0 Å². The van der Waals surface area contributed by atoms with E-state index in [0.29, 0.717) is 6.42 Å². The average molecular weight is 187 g/mol. The molecule has 0 aromatic heterocycles. The van der Waals surface area contributed by atoms with Crippen LogP contribution in [0.25, 0.3) is 0 Å². The van der Waals surface area contributed by atoms with Crippen LogP contribution >= 0.6 is 0 Å². The van der Waals surface area contributed by atoms with E-state index in [2.05, 4.69) is 11.2 Å². The highest BCUT2D eigenvalue weighted by atomic mass is 16.1. The monoisotopic (exact) mass is 187 g/mol. The van der Waals surface area contributed by atoms with Crippen molar-refractivity contribution in [3.63, 3.8) is 0 Å². The first-order valence-corrected chi connectivity index (χ1v) is 4.52. The molecular weight excluding hydrogens is 174 g/mol. The molecule has 0 aliphatic heterocycles. The zero-order chi connectivity index (χ0) is 10.4. The molecule has 0 saturated heterocycles. The van der Waals surface area contributed by atoms with E-state index in [1.54, 1.807) is 6.92 Å². The van der Waals surface area contributed by atoms with Crippen molar-refractivity contribution in [3.05, 3.63) is 35.9 Å². The van der Waals surface area contributed by atoms with Crippen LogP contribution in [0.15, 0.2) is 30.3 Å². The molecule has 1 aromatic carbocycles. The van der Waals surface area contributed by atoms with E-state index < -0.39 is 0 Å². The van der Waals surface area contributed by atoms with Gasteiger partial charge in [0.2, 0.25) is 5.91 Å². The largest absolute Gasteiger partial charge is 0.342 e. The van der Waals surface area contributed by atoms with E-state index in [0.717, 1.165) is 5.56 Å². The van der Waals surface area contributed by atoms with Crippen LogP contribution in [0.4, 0.5) is 0 Å². The van der Waals surface area contributed by atoms with Crippen molar-refractivity contribution in [1.82, 2.24) is 5.32 Å². The van der Waals surface area contributed by atoms with Crippen LogP contribution < -0.4 is 5.32 Å². The minimum atomic E-state index is -0.203. The molecule has 0 radical (unpaired) electrons. The molecule has 0 bridgehead atoms. The molecule has 0 saturated carbocycles. The third kappa shape index (κ3) is 3.32. The molecule has 1 atom stereocenters. The highest BCUT2D eigenvalue weighted by molar-refractivity contribution is 5.79. The minimum absolute atomic E-state index is 0.0401. The zero-order valence-corrected chi connectivity index (χ0v) is 8.16. The summed E-state index contributed by atoms with van der Waals surface area (Å²) in [5, 5.41) is 2.70. The lowest BCUT2D eigenvalue weighted by molar-refractivity contribution is -0.120.